The number of oxime groups is 2. The monoisotopic (exact) mass is 366 g/mol. The summed E-state index contributed by atoms with van der Waals surface area (Å²) in [5, 5.41) is 42.3. The Hall–Kier alpha value is -3.53. The zero-order valence-corrected chi connectivity index (χ0v) is 13.1. The lowest BCUT2D eigenvalue weighted by molar-refractivity contribution is -0.385. The van der Waals surface area contributed by atoms with E-state index in [1.165, 1.54) is 42.5 Å². The number of nitro groups is 2. The fourth-order valence-electron chi connectivity index (χ4n) is 1.59. The van der Waals surface area contributed by atoms with Crippen LogP contribution in [-0.4, -0.2) is 31.6 Å². The van der Waals surface area contributed by atoms with Crippen molar-refractivity contribution in [3.63, 3.8) is 0 Å². The van der Waals surface area contributed by atoms with Gasteiger partial charge in [0.2, 0.25) is 0 Å². The Kier molecular flexibility index (Phi) is 7.47. The van der Waals surface area contributed by atoms with Gasteiger partial charge in [0.1, 0.15) is 0 Å². The molecule has 0 fully saturated rings. The molecule has 2 aromatic rings. The van der Waals surface area contributed by atoms with Gasteiger partial charge >= 0.3 is 0 Å². The van der Waals surface area contributed by atoms with E-state index in [9.17, 15) is 20.2 Å². The molecule has 0 spiro atoms. The molecule has 25 heavy (non-hydrogen) atoms. The molecule has 2 rings (SSSR count). The highest BCUT2D eigenvalue weighted by Gasteiger charge is 2.08. The quantitative estimate of drug-likeness (QED) is 0.366. The van der Waals surface area contributed by atoms with Crippen molar-refractivity contribution in [3.8, 4) is 0 Å². The lowest BCUT2D eigenvalue weighted by Gasteiger charge is -1.95. The lowest BCUT2D eigenvalue weighted by Crippen LogP contribution is -1.93. The molecule has 0 amide bonds. The predicted molar refractivity (Wildman–Crippen MR) is 89.7 cm³/mol. The van der Waals surface area contributed by atoms with E-state index in [0.29, 0.717) is 11.1 Å². The summed E-state index contributed by atoms with van der Waals surface area (Å²) in [4.78, 5) is 19.5. The molecule has 0 aliphatic carbocycles. The van der Waals surface area contributed by atoms with Crippen molar-refractivity contribution in [3.05, 3.63) is 79.9 Å². The maximum absolute atomic E-state index is 10.3. The van der Waals surface area contributed by atoms with E-state index >= 15 is 0 Å². The smallest absolute Gasteiger partial charge is 0.270 e. The van der Waals surface area contributed by atoms with Crippen LogP contribution in [0.15, 0.2) is 58.8 Å². The topological polar surface area (TPSA) is 151 Å². The summed E-state index contributed by atoms with van der Waals surface area (Å²) in [6.07, 6.45) is 1.13. The average Bonchev–Trinajstić information content (AvgIpc) is 2.62. The van der Waals surface area contributed by atoms with Gasteiger partial charge in [0.05, 0.1) is 16.1 Å². The van der Waals surface area contributed by atoms with E-state index in [2.05, 4.69) is 10.3 Å². The Morgan fingerprint density at radius 3 is 2.08 bits per heavy atom. The molecule has 0 aliphatic rings. The molecule has 10 nitrogen and oxygen atoms in total. The summed E-state index contributed by atoms with van der Waals surface area (Å²) in [6.45, 7) is 0. The van der Waals surface area contributed by atoms with Crippen molar-refractivity contribution in [2.75, 3.05) is 0 Å². The van der Waals surface area contributed by atoms with Gasteiger partial charge in [0.15, 0.2) is 5.17 Å². The molecule has 2 N–H and O–H groups in total. The summed E-state index contributed by atoms with van der Waals surface area (Å²) in [5.74, 6) is 0. The van der Waals surface area contributed by atoms with Gasteiger partial charge in [-0.25, -0.2) is 0 Å². The molecule has 130 valence electrons. The second-order valence-electron chi connectivity index (χ2n) is 4.29. The van der Waals surface area contributed by atoms with E-state index in [1.807, 2.05) is 0 Å². The van der Waals surface area contributed by atoms with Gasteiger partial charge in [-0.3, -0.25) is 20.2 Å². The SMILES string of the molecule is O=[N+]([O-])c1cccc(/C(Cl)=N/O)c1.O=[N+]([O-])c1cccc(/C=N/O)c1. The van der Waals surface area contributed by atoms with Crippen LogP contribution in [0, 0.1) is 20.2 Å². The van der Waals surface area contributed by atoms with Gasteiger partial charge in [-0.15, -0.1) is 0 Å². The Labute approximate surface area is 145 Å². The van der Waals surface area contributed by atoms with Gasteiger partial charge in [-0.2, -0.15) is 0 Å². The van der Waals surface area contributed by atoms with Crippen LogP contribution in [0.2, 0.25) is 0 Å². The van der Waals surface area contributed by atoms with Crippen molar-refractivity contribution in [1.29, 1.82) is 0 Å². The summed E-state index contributed by atoms with van der Waals surface area (Å²) in [5.41, 5.74) is 0.678. The van der Waals surface area contributed by atoms with Crippen molar-refractivity contribution in [2.24, 2.45) is 10.3 Å². The standard InChI is InChI=1S/C7H5ClN2O3.C7H6N2O3/c8-7(9-11)5-2-1-3-6(4-5)10(12)13;10-8-5-6-2-1-3-7(4-6)9(11)12/h1-4,11H;1-5,10H/b9-7-;8-5+. The normalized spacial score (nSPS) is 10.8. The minimum absolute atomic E-state index is 0.0209. The Morgan fingerprint density at radius 1 is 1.00 bits per heavy atom. The van der Waals surface area contributed by atoms with Gasteiger partial charge in [-0.1, -0.05) is 46.2 Å². The molecular formula is C14H11ClN4O6. The molecular weight excluding hydrogens is 356 g/mol. The summed E-state index contributed by atoms with van der Waals surface area (Å²) >= 11 is 5.44. The molecule has 0 aliphatic heterocycles. The fraction of sp³-hybridized carbons (Fsp3) is 0. The van der Waals surface area contributed by atoms with Crippen LogP contribution in [0.25, 0.3) is 0 Å². The number of hydrogen-bond donors (Lipinski definition) is 2. The Morgan fingerprint density at radius 2 is 1.56 bits per heavy atom. The number of non-ortho nitro benzene ring substituents is 2. The predicted octanol–water partition coefficient (Wildman–Crippen LogP) is 3.37. The van der Waals surface area contributed by atoms with E-state index in [0.717, 1.165) is 6.21 Å². The van der Waals surface area contributed by atoms with Crippen molar-refractivity contribution < 1.29 is 20.3 Å². The van der Waals surface area contributed by atoms with Gasteiger partial charge in [0.25, 0.3) is 11.4 Å². The summed E-state index contributed by atoms with van der Waals surface area (Å²) in [7, 11) is 0. The first kappa shape index (κ1) is 19.5. The first-order valence-corrected chi connectivity index (χ1v) is 6.81. The number of rotatable bonds is 4. The largest absolute Gasteiger partial charge is 0.411 e. The molecule has 0 atom stereocenters. The lowest BCUT2D eigenvalue weighted by atomic mass is 10.2. The summed E-state index contributed by atoms with van der Waals surface area (Å²) in [6, 6.07) is 11.3. The first-order chi connectivity index (χ1) is 11.9. The molecule has 0 saturated carbocycles. The van der Waals surface area contributed by atoms with E-state index < -0.39 is 9.85 Å². The third-order valence-corrected chi connectivity index (χ3v) is 2.96. The molecule has 0 heterocycles. The van der Waals surface area contributed by atoms with Crippen molar-refractivity contribution in [1.82, 2.24) is 0 Å². The van der Waals surface area contributed by atoms with Gasteiger partial charge < -0.3 is 10.4 Å². The molecule has 0 bridgehead atoms. The number of benzene rings is 2. The minimum atomic E-state index is -0.551. The molecule has 0 unspecified atom stereocenters. The van der Waals surface area contributed by atoms with Crippen LogP contribution >= 0.6 is 11.6 Å². The molecule has 0 aromatic heterocycles. The van der Waals surface area contributed by atoms with Crippen LogP contribution < -0.4 is 0 Å². The number of hydrogen-bond acceptors (Lipinski definition) is 8. The molecule has 0 saturated heterocycles. The molecule has 0 radical (unpaired) electrons. The number of halogens is 1. The maximum atomic E-state index is 10.3. The Bertz CT molecular complexity index is 824. The highest BCUT2D eigenvalue weighted by Crippen LogP contribution is 2.15. The van der Waals surface area contributed by atoms with E-state index in [-0.39, 0.29) is 16.5 Å². The van der Waals surface area contributed by atoms with Gasteiger partial charge in [0, 0.05) is 35.4 Å². The number of nitrogens with zero attached hydrogens (tertiary/aromatic N) is 4. The third kappa shape index (κ3) is 6.23. The van der Waals surface area contributed by atoms with Crippen LogP contribution in [0.4, 0.5) is 11.4 Å². The second kappa shape index (κ2) is 9.57. The average molecular weight is 367 g/mol. The van der Waals surface area contributed by atoms with Crippen LogP contribution in [-0.2, 0) is 0 Å². The van der Waals surface area contributed by atoms with Gasteiger partial charge in [-0.05, 0) is 0 Å². The van der Waals surface area contributed by atoms with Crippen LogP contribution in [0.1, 0.15) is 11.1 Å². The van der Waals surface area contributed by atoms with E-state index in [1.54, 1.807) is 6.07 Å². The zero-order valence-electron chi connectivity index (χ0n) is 12.4. The minimum Gasteiger partial charge on any atom is -0.411 e. The molecule has 11 heteroatoms. The maximum Gasteiger partial charge on any atom is 0.270 e. The van der Waals surface area contributed by atoms with Crippen LogP contribution in [0.5, 0.6) is 0 Å². The van der Waals surface area contributed by atoms with Crippen molar-refractivity contribution >= 4 is 34.4 Å². The zero-order chi connectivity index (χ0) is 18.8. The fourth-order valence-corrected chi connectivity index (χ4v) is 1.71. The highest BCUT2D eigenvalue weighted by atomic mass is 35.5. The summed E-state index contributed by atoms with van der Waals surface area (Å²) < 4.78 is 0. The Balaban J connectivity index is 0.000000251. The number of nitro benzene ring substituents is 2. The van der Waals surface area contributed by atoms with Crippen LogP contribution in [0.3, 0.4) is 0 Å². The third-order valence-electron chi connectivity index (χ3n) is 2.67. The van der Waals surface area contributed by atoms with Crippen molar-refractivity contribution in [2.45, 2.75) is 0 Å². The van der Waals surface area contributed by atoms with E-state index in [4.69, 9.17) is 22.0 Å². The highest BCUT2D eigenvalue weighted by molar-refractivity contribution is 6.69. The molecule has 2 aromatic carbocycles. The first-order valence-electron chi connectivity index (χ1n) is 6.43. The second-order valence-corrected chi connectivity index (χ2v) is 4.65.